The number of nitrogens with zero attached hydrogens (tertiary/aromatic N) is 2. The van der Waals surface area contributed by atoms with Gasteiger partial charge in [0.05, 0.1) is 23.4 Å². The zero-order valence-electron chi connectivity index (χ0n) is 16.0. The predicted octanol–water partition coefficient (Wildman–Crippen LogP) is 4.19. The van der Waals surface area contributed by atoms with Crippen molar-refractivity contribution in [2.45, 2.75) is 13.8 Å². The Bertz CT molecular complexity index is 1200. The maximum Gasteiger partial charge on any atom is 0.337 e. The molecule has 0 radical (unpaired) electrons. The van der Waals surface area contributed by atoms with Crippen LogP contribution in [0.25, 0.3) is 0 Å². The van der Waals surface area contributed by atoms with E-state index in [4.69, 9.17) is 33.3 Å². The molecule has 1 aromatic carbocycles. The van der Waals surface area contributed by atoms with E-state index in [9.17, 15) is 28.7 Å². The molecule has 0 saturated carbocycles. The van der Waals surface area contributed by atoms with Crippen LogP contribution in [0.3, 0.4) is 0 Å². The van der Waals surface area contributed by atoms with E-state index in [0.29, 0.717) is 6.07 Å². The van der Waals surface area contributed by atoms with Crippen LogP contribution < -0.4 is 4.90 Å². The van der Waals surface area contributed by atoms with Gasteiger partial charge in [-0.05, 0) is 26.0 Å². The number of anilines is 1. The third-order valence-corrected chi connectivity index (χ3v) is 5.77. The molecule has 31 heavy (non-hydrogen) atoms. The first-order chi connectivity index (χ1) is 14.5. The highest BCUT2D eigenvalue weighted by molar-refractivity contribution is 6.53. The summed E-state index contributed by atoms with van der Waals surface area (Å²) < 4.78 is 33.0. The van der Waals surface area contributed by atoms with Gasteiger partial charge >= 0.3 is 5.97 Å². The summed E-state index contributed by atoms with van der Waals surface area (Å²) >= 11 is 11.9. The van der Waals surface area contributed by atoms with Crippen molar-refractivity contribution in [2.24, 2.45) is 5.41 Å². The molecule has 2 N–H and O–H groups in total. The lowest BCUT2D eigenvalue weighted by Gasteiger charge is -2.33. The van der Waals surface area contributed by atoms with Crippen molar-refractivity contribution in [3.63, 3.8) is 0 Å². The second-order valence-corrected chi connectivity index (χ2v) is 7.26. The van der Waals surface area contributed by atoms with Crippen LogP contribution in [0.5, 0.6) is 0 Å². The molecule has 2 aliphatic rings. The fourth-order valence-corrected chi connectivity index (χ4v) is 4.09. The van der Waals surface area contributed by atoms with E-state index >= 15 is 0 Å². The van der Waals surface area contributed by atoms with Crippen LogP contribution in [0.1, 0.15) is 13.8 Å². The highest BCUT2D eigenvalue weighted by atomic mass is 35.5. The Hall–Kier alpha value is -3.22. The SMILES string of the molecule is CCOC(=O)C1=C(C)N(c2ccc(F)cc2F)C(=N)C12C(=O)C(Cl)=C(Cl)C(O)=C2C#N. The summed E-state index contributed by atoms with van der Waals surface area (Å²) in [4.78, 5) is 27.1. The monoisotopic (exact) mass is 467 g/mol. The number of hydrogen-bond acceptors (Lipinski definition) is 6. The molecule has 1 spiro atoms. The number of benzene rings is 1. The van der Waals surface area contributed by atoms with Crippen LogP contribution >= 0.6 is 23.2 Å². The Balaban J connectivity index is 2.43. The summed E-state index contributed by atoms with van der Waals surface area (Å²) in [7, 11) is 0. The number of esters is 1. The van der Waals surface area contributed by atoms with Gasteiger partial charge < -0.3 is 9.84 Å². The van der Waals surface area contributed by atoms with E-state index in [0.717, 1.165) is 17.0 Å². The number of aliphatic hydroxyl groups excluding tert-OH is 1. The number of aliphatic hydroxyl groups is 1. The van der Waals surface area contributed by atoms with Crippen molar-refractivity contribution in [2.75, 3.05) is 11.5 Å². The number of nitrogens with one attached hydrogen (secondary N) is 1. The minimum atomic E-state index is -2.54. The van der Waals surface area contributed by atoms with Gasteiger partial charge in [-0.15, -0.1) is 0 Å². The van der Waals surface area contributed by atoms with Crippen molar-refractivity contribution in [1.82, 2.24) is 0 Å². The molecule has 3 rings (SSSR count). The summed E-state index contributed by atoms with van der Waals surface area (Å²) in [5.74, 6) is -5.92. The summed E-state index contributed by atoms with van der Waals surface area (Å²) in [5, 5.41) is 27.5. The second kappa shape index (κ2) is 7.80. The number of halogens is 4. The van der Waals surface area contributed by atoms with Gasteiger partial charge in [-0.3, -0.25) is 15.1 Å². The minimum absolute atomic E-state index is 0.125. The van der Waals surface area contributed by atoms with Crippen molar-refractivity contribution in [1.29, 1.82) is 10.7 Å². The van der Waals surface area contributed by atoms with Gasteiger partial charge in [-0.25, -0.2) is 13.6 Å². The summed E-state index contributed by atoms with van der Waals surface area (Å²) in [6.45, 7) is 2.65. The van der Waals surface area contributed by atoms with Crippen LogP contribution in [-0.2, 0) is 14.3 Å². The summed E-state index contributed by atoms with van der Waals surface area (Å²) in [6.07, 6.45) is 0. The van der Waals surface area contributed by atoms with E-state index in [-0.39, 0.29) is 18.0 Å². The number of hydrogen-bond donors (Lipinski definition) is 2. The first-order valence-electron chi connectivity index (χ1n) is 8.72. The number of nitriles is 1. The zero-order chi connectivity index (χ0) is 23.2. The van der Waals surface area contributed by atoms with Gasteiger partial charge in [-0.2, -0.15) is 5.26 Å². The van der Waals surface area contributed by atoms with E-state index in [2.05, 4.69) is 0 Å². The second-order valence-electron chi connectivity index (χ2n) is 6.50. The van der Waals surface area contributed by atoms with Crippen molar-refractivity contribution in [3.05, 3.63) is 62.5 Å². The minimum Gasteiger partial charge on any atom is -0.505 e. The maximum atomic E-state index is 14.6. The Morgan fingerprint density at radius 1 is 1.35 bits per heavy atom. The standard InChI is InChI=1S/C20H13Cl2F2N3O4/c1-3-31-18(30)13-8(2)27(12-5-4-9(23)6-11(12)24)19(26)20(13)10(7-25)16(28)14(21)15(22)17(20)29/h4-6,26,28H,3H2,1-2H3. The molecule has 160 valence electrons. The molecule has 1 unspecified atom stereocenters. The van der Waals surface area contributed by atoms with Crippen LogP contribution in [0, 0.1) is 33.8 Å². The lowest BCUT2D eigenvalue weighted by molar-refractivity contribution is -0.140. The van der Waals surface area contributed by atoms with Crippen molar-refractivity contribution < 1.29 is 28.2 Å². The first kappa shape index (κ1) is 22.5. The average molecular weight is 468 g/mol. The molecule has 1 atom stereocenters. The molecule has 0 fully saturated rings. The highest BCUT2D eigenvalue weighted by Gasteiger charge is 2.64. The zero-order valence-corrected chi connectivity index (χ0v) is 17.5. The fourth-order valence-electron chi connectivity index (χ4n) is 3.68. The van der Waals surface area contributed by atoms with Gasteiger partial charge in [0.2, 0.25) is 0 Å². The lowest BCUT2D eigenvalue weighted by atomic mass is 9.68. The summed E-state index contributed by atoms with van der Waals surface area (Å²) in [6, 6.07) is 4.07. The van der Waals surface area contributed by atoms with Crippen LogP contribution in [0.15, 0.2) is 50.9 Å². The smallest absolute Gasteiger partial charge is 0.337 e. The number of rotatable bonds is 3. The Morgan fingerprint density at radius 3 is 2.55 bits per heavy atom. The predicted molar refractivity (Wildman–Crippen MR) is 107 cm³/mol. The molecular formula is C20H13Cl2F2N3O4. The topological polar surface area (TPSA) is 114 Å². The third-order valence-electron chi connectivity index (χ3n) is 4.95. The summed E-state index contributed by atoms with van der Waals surface area (Å²) in [5.41, 5.74) is -4.32. The highest BCUT2D eigenvalue weighted by Crippen LogP contribution is 2.54. The fraction of sp³-hybridized carbons (Fsp3) is 0.200. The molecule has 1 heterocycles. The number of ether oxygens (including phenoxy) is 1. The van der Waals surface area contributed by atoms with E-state index < -0.39 is 61.6 Å². The molecule has 1 aliphatic carbocycles. The number of carbonyl (C=O) groups is 2. The quantitative estimate of drug-likeness (QED) is 0.643. The normalized spacial score (nSPS) is 21.4. The number of amidine groups is 1. The molecular weight excluding hydrogens is 455 g/mol. The maximum absolute atomic E-state index is 14.6. The van der Waals surface area contributed by atoms with Crippen LogP contribution in [0.4, 0.5) is 14.5 Å². The molecule has 0 saturated heterocycles. The molecule has 1 aliphatic heterocycles. The molecule has 0 bridgehead atoms. The van der Waals surface area contributed by atoms with Crippen LogP contribution in [-0.4, -0.2) is 29.3 Å². The van der Waals surface area contributed by atoms with Crippen molar-refractivity contribution in [3.8, 4) is 6.07 Å². The Labute approximate surface area is 184 Å². The van der Waals surface area contributed by atoms with E-state index in [1.807, 2.05) is 0 Å². The first-order valence-corrected chi connectivity index (χ1v) is 9.48. The van der Waals surface area contributed by atoms with Crippen molar-refractivity contribution >= 4 is 46.5 Å². The van der Waals surface area contributed by atoms with Gasteiger partial charge in [-0.1, -0.05) is 23.2 Å². The molecule has 0 aromatic heterocycles. The third kappa shape index (κ3) is 2.94. The lowest BCUT2D eigenvalue weighted by Crippen LogP contribution is -2.48. The number of ketones is 1. The number of carbonyl (C=O) groups excluding carboxylic acids is 2. The molecule has 7 nitrogen and oxygen atoms in total. The van der Waals surface area contributed by atoms with E-state index in [1.165, 1.54) is 13.8 Å². The number of Topliss-reactive ketones (excluding diaryl/α,β-unsaturated/α-hetero) is 1. The van der Waals surface area contributed by atoms with Gasteiger partial charge in [0.1, 0.15) is 33.6 Å². The van der Waals surface area contributed by atoms with Gasteiger partial charge in [0.15, 0.2) is 17.0 Å². The Morgan fingerprint density at radius 2 is 2.00 bits per heavy atom. The number of allylic oxidation sites excluding steroid dienone is 3. The molecule has 0 amide bonds. The van der Waals surface area contributed by atoms with Crippen LogP contribution in [0.2, 0.25) is 0 Å². The largest absolute Gasteiger partial charge is 0.505 e. The van der Waals surface area contributed by atoms with E-state index in [1.54, 1.807) is 6.07 Å². The molecule has 1 aromatic rings. The van der Waals surface area contributed by atoms with Gasteiger partial charge in [0.25, 0.3) is 0 Å². The van der Waals surface area contributed by atoms with Gasteiger partial charge in [0, 0.05) is 11.8 Å². The Kier molecular flexibility index (Phi) is 5.65. The average Bonchev–Trinajstić information content (AvgIpc) is 2.94. The molecule has 11 heteroatoms.